The molecule has 0 aliphatic carbocycles. The molecule has 0 aliphatic rings. The Bertz CT molecular complexity index is 476. The predicted molar refractivity (Wildman–Crippen MR) is 63.6 cm³/mol. The number of carboxylic acid groups (broad SMARTS) is 1. The lowest BCUT2D eigenvalue weighted by Gasteiger charge is -2.09. The topological polar surface area (TPSA) is 103 Å². The highest BCUT2D eigenvalue weighted by Gasteiger charge is 2.12. The van der Waals surface area contributed by atoms with Gasteiger partial charge in [-0.15, -0.1) is 0 Å². The standard InChI is InChI=1S/C12H13N3O3/c1-8(5-12(17)18)4-11(16)15-10-3-2-9(6-13)14-7-10/h2-3,7-8H,4-5H2,1H3,(H,15,16)(H,17,18)/t8-/m0/s1. The summed E-state index contributed by atoms with van der Waals surface area (Å²) in [6.07, 6.45) is 1.48. The Kier molecular flexibility index (Phi) is 4.81. The van der Waals surface area contributed by atoms with Gasteiger partial charge in [0, 0.05) is 12.8 Å². The lowest BCUT2D eigenvalue weighted by atomic mass is 10.0. The fourth-order valence-electron chi connectivity index (χ4n) is 1.43. The average Bonchev–Trinajstić information content (AvgIpc) is 2.28. The molecule has 0 fully saturated rings. The van der Waals surface area contributed by atoms with Gasteiger partial charge in [-0.05, 0) is 18.1 Å². The SMILES string of the molecule is C[C@H](CC(=O)O)CC(=O)Nc1ccc(C#N)nc1. The van der Waals surface area contributed by atoms with Gasteiger partial charge in [0.25, 0.3) is 0 Å². The summed E-state index contributed by atoms with van der Waals surface area (Å²) >= 11 is 0. The molecule has 0 aliphatic heterocycles. The van der Waals surface area contributed by atoms with E-state index in [4.69, 9.17) is 10.4 Å². The van der Waals surface area contributed by atoms with E-state index in [1.54, 1.807) is 13.0 Å². The maximum atomic E-state index is 11.6. The smallest absolute Gasteiger partial charge is 0.303 e. The number of pyridine rings is 1. The second-order valence-corrected chi connectivity index (χ2v) is 4.00. The molecule has 1 heterocycles. The minimum absolute atomic E-state index is 0.0426. The molecular formula is C12H13N3O3. The van der Waals surface area contributed by atoms with Crippen molar-refractivity contribution >= 4 is 17.6 Å². The first-order valence-electron chi connectivity index (χ1n) is 5.39. The van der Waals surface area contributed by atoms with Gasteiger partial charge in [0.1, 0.15) is 11.8 Å². The van der Waals surface area contributed by atoms with E-state index in [2.05, 4.69) is 10.3 Å². The van der Waals surface area contributed by atoms with E-state index < -0.39 is 5.97 Å². The van der Waals surface area contributed by atoms with Crippen molar-refractivity contribution in [2.24, 2.45) is 5.92 Å². The molecule has 0 radical (unpaired) electrons. The average molecular weight is 247 g/mol. The van der Waals surface area contributed by atoms with E-state index in [0.29, 0.717) is 5.69 Å². The number of nitrogens with one attached hydrogen (secondary N) is 1. The van der Waals surface area contributed by atoms with Crippen LogP contribution in [0.4, 0.5) is 5.69 Å². The molecule has 1 rings (SSSR count). The van der Waals surface area contributed by atoms with Gasteiger partial charge < -0.3 is 10.4 Å². The number of rotatable bonds is 5. The minimum Gasteiger partial charge on any atom is -0.481 e. The van der Waals surface area contributed by atoms with Crippen LogP contribution in [0.25, 0.3) is 0 Å². The van der Waals surface area contributed by atoms with E-state index in [1.807, 2.05) is 6.07 Å². The Morgan fingerprint density at radius 1 is 1.50 bits per heavy atom. The Labute approximate surface area is 104 Å². The third kappa shape index (κ3) is 4.61. The van der Waals surface area contributed by atoms with E-state index in [-0.39, 0.29) is 30.4 Å². The molecule has 94 valence electrons. The number of aliphatic carboxylic acids is 1. The van der Waals surface area contributed by atoms with Crippen LogP contribution in [0.2, 0.25) is 0 Å². The molecular weight excluding hydrogens is 234 g/mol. The number of nitrogens with zero attached hydrogens (tertiary/aromatic N) is 2. The van der Waals surface area contributed by atoms with E-state index in [9.17, 15) is 9.59 Å². The minimum atomic E-state index is -0.921. The van der Waals surface area contributed by atoms with Crippen molar-refractivity contribution in [1.29, 1.82) is 5.26 Å². The van der Waals surface area contributed by atoms with Crippen molar-refractivity contribution in [2.75, 3.05) is 5.32 Å². The van der Waals surface area contributed by atoms with Gasteiger partial charge in [0.15, 0.2) is 0 Å². The van der Waals surface area contributed by atoms with Crippen molar-refractivity contribution in [1.82, 2.24) is 4.98 Å². The zero-order valence-corrected chi connectivity index (χ0v) is 9.88. The maximum absolute atomic E-state index is 11.6. The summed E-state index contributed by atoms with van der Waals surface area (Å²) in [7, 11) is 0. The van der Waals surface area contributed by atoms with Crippen LogP contribution in [0.5, 0.6) is 0 Å². The summed E-state index contributed by atoms with van der Waals surface area (Å²) in [5, 5.41) is 19.7. The number of hydrogen-bond donors (Lipinski definition) is 2. The number of hydrogen-bond acceptors (Lipinski definition) is 4. The summed E-state index contributed by atoms with van der Waals surface area (Å²) in [4.78, 5) is 25.8. The number of aromatic nitrogens is 1. The van der Waals surface area contributed by atoms with Crippen molar-refractivity contribution in [3.05, 3.63) is 24.0 Å². The summed E-state index contributed by atoms with van der Waals surface area (Å²) in [5.74, 6) is -1.42. The number of carbonyl (C=O) groups excluding carboxylic acids is 1. The lowest BCUT2D eigenvalue weighted by Crippen LogP contribution is -2.17. The number of anilines is 1. The fourth-order valence-corrected chi connectivity index (χ4v) is 1.43. The number of amides is 1. The molecule has 0 saturated heterocycles. The predicted octanol–water partition coefficient (Wildman–Crippen LogP) is 1.39. The molecule has 2 N–H and O–H groups in total. The largest absolute Gasteiger partial charge is 0.481 e. The molecule has 1 aromatic heterocycles. The van der Waals surface area contributed by atoms with Gasteiger partial charge in [0.05, 0.1) is 11.9 Å². The van der Waals surface area contributed by atoms with Gasteiger partial charge in [-0.2, -0.15) is 5.26 Å². The third-order valence-corrected chi connectivity index (χ3v) is 2.22. The van der Waals surface area contributed by atoms with Gasteiger partial charge in [-0.3, -0.25) is 9.59 Å². The maximum Gasteiger partial charge on any atom is 0.303 e. The Balaban J connectivity index is 2.49. The highest BCUT2D eigenvalue weighted by atomic mass is 16.4. The van der Waals surface area contributed by atoms with Crippen molar-refractivity contribution in [3.8, 4) is 6.07 Å². The second kappa shape index (κ2) is 6.35. The zero-order chi connectivity index (χ0) is 13.5. The number of carboxylic acids is 1. The Morgan fingerprint density at radius 3 is 2.72 bits per heavy atom. The Morgan fingerprint density at radius 2 is 2.22 bits per heavy atom. The van der Waals surface area contributed by atoms with Crippen LogP contribution in [0.15, 0.2) is 18.3 Å². The molecule has 0 saturated carbocycles. The van der Waals surface area contributed by atoms with Crippen LogP contribution in [-0.4, -0.2) is 22.0 Å². The van der Waals surface area contributed by atoms with Crippen molar-refractivity contribution in [3.63, 3.8) is 0 Å². The number of carbonyl (C=O) groups is 2. The summed E-state index contributed by atoms with van der Waals surface area (Å²) in [6, 6.07) is 4.94. The molecule has 18 heavy (non-hydrogen) atoms. The summed E-state index contributed by atoms with van der Waals surface area (Å²) in [6.45, 7) is 1.70. The molecule has 1 atom stereocenters. The first-order chi connectivity index (χ1) is 8.51. The highest BCUT2D eigenvalue weighted by Crippen LogP contribution is 2.11. The van der Waals surface area contributed by atoms with E-state index >= 15 is 0 Å². The fraction of sp³-hybridized carbons (Fsp3) is 0.333. The second-order valence-electron chi connectivity index (χ2n) is 4.00. The van der Waals surface area contributed by atoms with Crippen LogP contribution in [0.3, 0.4) is 0 Å². The summed E-state index contributed by atoms with van der Waals surface area (Å²) < 4.78 is 0. The quantitative estimate of drug-likeness (QED) is 0.818. The Hall–Kier alpha value is -2.42. The van der Waals surface area contributed by atoms with Gasteiger partial charge in [0.2, 0.25) is 5.91 Å². The molecule has 0 unspecified atom stereocenters. The van der Waals surface area contributed by atoms with E-state index in [1.165, 1.54) is 12.3 Å². The zero-order valence-electron chi connectivity index (χ0n) is 9.88. The highest BCUT2D eigenvalue weighted by molar-refractivity contribution is 5.90. The van der Waals surface area contributed by atoms with Crippen LogP contribution >= 0.6 is 0 Å². The van der Waals surface area contributed by atoms with Crippen molar-refractivity contribution in [2.45, 2.75) is 19.8 Å². The van der Waals surface area contributed by atoms with Crippen LogP contribution in [0.1, 0.15) is 25.5 Å². The van der Waals surface area contributed by atoms with Crippen LogP contribution in [-0.2, 0) is 9.59 Å². The van der Waals surface area contributed by atoms with Gasteiger partial charge in [-0.1, -0.05) is 6.92 Å². The molecule has 6 heteroatoms. The first-order valence-corrected chi connectivity index (χ1v) is 5.39. The van der Waals surface area contributed by atoms with Gasteiger partial charge >= 0.3 is 5.97 Å². The normalized spacial score (nSPS) is 11.3. The van der Waals surface area contributed by atoms with Crippen LogP contribution in [0, 0.1) is 17.2 Å². The molecule has 6 nitrogen and oxygen atoms in total. The molecule has 0 bridgehead atoms. The van der Waals surface area contributed by atoms with E-state index in [0.717, 1.165) is 0 Å². The number of nitriles is 1. The van der Waals surface area contributed by atoms with Crippen molar-refractivity contribution < 1.29 is 14.7 Å². The molecule has 1 aromatic rings. The van der Waals surface area contributed by atoms with Gasteiger partial charge in [-0.25, -0.2) is 4.98 Å². The molecule has 0 spiro atoms. The monoisotopic (exact) mass is 247 g/mol. The third-order valence-electron chi connectivity index (χ3n) is 2.22. The molecule has 0 aromatic carbocycles. The lowest BCUT2D eigenvalue weighted by molar-refractivity contribution is -0.138. The van der Waals surface area contributed by atoms with Crippen LogP contribution < -0.4 is 5.32 Å². The first kappa shape index (κ1) is 13.6. The summed E-state index contributed by atoms with van der Waals surface area (Å²) in [5.41, 5.74) is 0.758. The molecule has 1 amide bonds.